The molecule has 30 heavy (non-hydrogen) atoms. The molecule has 3 rings (SSSR count). The maximum absolute atomic E-state index is 12.8. The summed E-state index contributed by atoms with van der Waals surface area (Å²) < 4.78 is 5.24. The predicted molar refractivity (Wildman–Crippen MR) is 121 cm³/mol. The first-order chi connectivity index (χ1) is 14.3. The highest BCUT2D eigenvalue weighted by molar-refractivity contribution is 6.44. The van der Waals surface area contributed by atoms with Crippen molar-refractivity contribution in [3.63, 3.8) is 0 Å². The molecule has 1 fully saturated rings. The average molecular weight is 451 g/mol. The number of aromatic nitrogens is 1. The van der Waals surface area contributed by atoms with Gasteiger partial charge < -0.3 is 19.9 Å². The second kappa shape index (κ2) is 9.86. The Labute approximate surface area is 188 Å². The number of rotatable bonds is 5. The molecule has 1 aliphatic rings. The fraction of sp³-hybridized carbons (Fsp3) is 0.455. The number of piperidine rings is 1. The summed E-state index contributed by atoms with van der Waals surface area (Å²) in [4.78, 5) is 21.0. The van der Waals surface area contributed by atoms with E-state index in [2.05, 4.69) is 22.2 Å². The maximum Gasteiger partial charge on any atom is 0.317 e. The molecular weight excluding hydrogens is 423 g/mol. The van der Waals surface area contributed by atoms with Gasteiger partial charge in [0.05, 0.1) is 29.4 Å². The number of hydrogen-bond acceptors (Lipinski definition) is 4. The van der Waals surface area contributed by atoms with Crippen LogP contribution in [0.25, 0.3) is 11.1 Å². The Balaban J connectivity index is 1.73. The van der Waals surface area contributed by atoms with E-state index < -0.39 is 0 Å². The molecule has 6 nitrogen and oxygen atoms in total. The molecule has 0 bridgehead atoms. The molecule has 1 aliphatic heterocycles. The Morgan fingerprint density at radius 2 is 1.97 bits per heavy atom. The third-order valence-electron chi connectivity index (χ3n) is 5.73. The van der Waals surface area contributed by atoms with Gasteiger partial charge in [-0.05, 0) is 51.5 Å². The Morgan fingerprint density at radius 1 is 1.27 bits per heavy atom. The zero-order valence-electron chi connectivity index (χ0n) is 17.8. The van der Waals surface area contributed by atoms with Gasteiger partial charge in [0, 0.05) is 30.4 Å². The lowest BCUT2D eigenvalue weighted by molar-refractivity contribution is 0.146. The zero-order valence-corrected chi connectivity index (χ0v) is 19.3. The van der Waals surface area contributed by atoms with Gasteiger partial charge in [0.25, 0.3) is 0 Å². The first kappa shape index (κ1) is 22.7. The van der Waals surface area contributed by atoms with Crippen LogP contribution in [0.1, 0.15) is 31.4 Å². The van der Waals surface area contributed by atoms with Crippen molar-refractivity contribution in [1.29, 1.82) is 0 Å². The minimum absolute atomic E-state index is 0.106. The Kier molecular flexibility index (Phi) is 7.45. The van der Waals surface area contributed by atoms with Crippen molar-refractivity contribution in [3.05, 3.63) is 46.2 Å². The number of methoxy groups -OCH3 is 1. The molecule has 1 atom stereocenters. The summed E-state index contributed by atoms with van der Waals surface area (Å²) in [6.45, 7) is 3.91. The summed E-state index contributed by atoms with van der Waals surface area (Å²) >= 11 is 13.2. The fourth-order valence-electron chi connectivity index (χ4n) is 3.71. The van der Waals surface area contributed by atoms with Crippen molar-refractivity contribution in [2.75, 3.05) is 34.3 Å². The number of halogens is 2. The Hall–Kier alpha value is -2.02. The van der Waals surface area contributed by atoms with E-state index >= 15 is 0 Å². The summed E-state index contributed by atoms with van der Waals surface area (Å²) in [5.41, 5.74) is 2.34. The highest BCUT2D eigenvalue weighted by atomic mass is 35.5. The van der Waals surface area contributed by atoms with Crippen LogP contribution in [-0.4, -0.2) is 61.2 Å². The van der Waals surface area contributed by atoms with Gasteiger partial charge in [0.2, 0.25) is 0 Å². The van der Waals surface area contributed by atoms with Crippen LogP contribution in [0.4, 0.5) is 4.79 Å². The quantitative estimate of drug-likeness (QED) is 0.706. The van der Waals surface area contributed by atoms with Crippen LogP contribution in [0.2, 0.25) is 10.0 Å². The second-order valence-corrected chi connectivity index (χ2v) is 8.52. The van der Waals surface area contributed by atoms with Crippen molar-refractivity contribution < 1.29 is 9.53 Å². The third kappa shape index (κ3) is 4.99. The van der Waals surface area contributed by atoms with E-state index in [9.17, 15) is 4.79 Å². The van der Waals surface area contributed by atoms with Gasteiger partial charge in [-0.15, -0.1) is 0 Å². The number of nitrogens with zero attached hydrogens (tertiary/aromatic N) is 3. The van der Waals surface area contributed by atoms with Crippen LogP contribution in [0.3, 0.4) is 0 Å². The molecule has 8 heteroatoms. The van der Waals surface area contributed by atoms with Gasteiger partial charge >= 0.3 is 6.03 Å². The predicted octanol–water partition coefficient (Wildman–Crippen LogP) is 4.86. The van der Waals surface area contributed by atoms with E-state index in [-0.39, 0.29) is 18.1 Å². The number of nitrogens with one attached hydrogen (secondary N) is 1. The molecule has 1 N–H and O–H groups in total. The number of likely N-dealkylation sites (tertiary alicyclic amines) is 1. The minimum Gasteiger partial charge on any atom is -0.495 e. The van der Waals surface area contributed by atoms with E-state index in [1.54, 1.807) is 24.4 Å². The lowest BCUT2D eigenvalue weighted by Gasteiger charge is -2.35. The second-order valence-electron chi connectivity index (χ2n) is 7.76. The van der Waals surface area contributed by atoms with Gasteiger partial charge in [0.15, 0.2) is 0 Å². The minimum atomic E-state index is -0.284. The molecule has 2 amide bonds. The van der Waals surface area contributed by atoms with Crippen molar-refractivity contribution in [3.8, 4) is 16.9 Å². The van der Waals surface area contributed by atoms with Crippen molar-refractivity contribution in [2.24, 2.45) is 0 Å². The van der Waals surface area contributed by atoms with E-state index in [1.165, 1.54) is 0 Å². The summed E-state index contributed by atoms with van der Waals surface area (Å²) in [6.07, 6.45) is 5.29. The van der Waals surface area contributed by atoms with Gasteiger partial charge in [-0.1, -0.05) is 35.3 Å². The molecule has 0 aliphatic carbocycles. The number of ether oxygens (including phenoxy) is 1. The third-order valence-corrected chi connectivity index (χ3v) is 6.63. The van der Waals surface area contributed by atoms with Gasteiger partial charge in [-0.3, -0.25) is 4.98 Å². The number of carbonyl (C=O) groups is 1. The molecule has 1 saturated heterocycles. The van der Waals surface area contributed by atoms with Crippen molar-refractivity contribution in [1.82, 2.24) is 20.1 Å². The lowest BCUT2D eigenvalue weighted by Crippen LogP contribution is -2.48. The summed E-state index contributed by atoms with van der Waals surface area (Å²) in [7, 11) is 5.55. The monoisotopic (exact) mass is 450 g/mol. The average Bonchev–Trinajstić information content (AvgIpc) is 2.75. The molecule has 1 aromatic heterocycles. The molecule has 0 spiro atoms. The van der Waals surface area contributed by atoms with Crippen LogP contribution in [0, 0.1) is 0 Å². The zero-order chi connectivity index (χ0) is 21.8. The van der Waals surface area contributed by atoms with E-state index in [4.69, 9.17) is 27.9 Å². The maximum atomic E-state index is 12.8. The SMILES string of the molecule is COc1cncc(-c2ccc(C(C)NC(=O)N(C)C3CCN(C)CC3)c(Cl)c2Cl)c1. The normalized spacial score (nSPS) is 16.2. The molecule has 1 unspecified atom stereocenters. The number of benzene rings is 1. The number of amides is 2. The van der Waals surface area contributed by atoms with Crippen LogP contribution in [0.5, 0.6) is 5.75 Å². The molecule has 0 saturated carbocycles. The molecule has 2 aromatic rings. The standard InChI is InChI=1S/C22H28Cl2N4O2/c1-14(26-22(29)28(3)16-7-9-27(2)10-8-16)18-5-6-19(21(24)20(18)23)15-11-17(30-4)13-25-12-15/h5-6,11-14,16H,7-10H2,1-4H3,(H,26,29). The van der Waals surface area contributed by atoms with E-state index in [0.29, 0.717) is 15.8 Å². The molecule has 2 heterocycles. The van der Waals surface area contributed by atoms with Gasteiger partial charge in [-0.25, -0.2) is 4.79 Å². The number of hydrogen-bond donors (Lipinski definition) is 1. The van der Waals surface area contributed by atoms with Crippen molar-refractivity contribution in [2.45, 2.75) is 31.8 Å². The molecule has 0 radical (unpaired) electrons. The summed E-state index contributed by atoms with van der Waals surface area (Å²) in [5, 5.41) is 3.90. The highest BCUT2D eigenvalue weighted by Gasteiger charge is 2.25. The Bertz CT molecular complexity index is 901. The largest absolute Gasteiger partial charge is 0.495 e. The topological polar surface area (TPSA) is 57.7 Å². The van der Waals surface area contributed by atoms with Gasteiger partial charge in [0.1, 0.15) is 5.75 Å². The molecular formula is C22H28Cl2N4O2. The number of urea groups is 1. The Morgan fingerprint density at radius 3 is 2.63 bits per heavy atom. The van der Waals surface area contributed by atoms with E-state index in [0.717, 1.165) is 42.6 Å². The lowest BCUT2D eigenvalue weighted by atomic mass is 10.0. The summed E-state index contributed by atoms with van der Waals surface area (Å²) in [5.74, 6) is 0.640. The van der Waals surface area contributed by atoms with Crippen molar-refractivity contribution >= 4 is 29.2 Å². The first-order valence-electron chi connectivity index (χ1n) is 10.0. The highest BCUT2D eigenvalue weighted by Crippen LogP contribution is 2.38. The number of pyridine rings is 1. The van der Waals surface area contributed by atoms with Crippen LogP contribution in [0.15, 0.2) is 30.6 Å². The molecule has 162 valence electrons. The molecule has 1 aromatic carbocycles. The van der Waals surface area contributed by atoms with Gasteiger partial charge in [-0.2, -0.15) is 0 Å². The smallest absolute Gasteiger partial charge is 0.317 e. The number of carbonyl (C=O) groups excluding carboxylic acids is 1. The van der Waals surface area contributed by atoms with Crippen LogP contribution < -0.4 is 10.1 Å². The fourth-order valence-corrected chi connectivity index (χ4v) is 4.32. The van der Waals surface area contributed by atoms with Crippen LogP contribution >= 0.6 is 23.2 Å². The van der Waals surface area contributed by atoms with Crippen LogP contribution in [-0.2, 0) is 0 Å². The summed E-state index contributed by atoms with van der Waals surface area (Å²) in [6, 6.07) is 5.49. The first-order valence-corrected chi connectivity index (χ1v) is 10.8. The van der Waals surface area contributed by atoms with E-state index in [1.807, 2.05) is 32.2 Å².